The molecule has 0 saturated heterocycles. The quantitative estimate of drug-likeness (QED) is 0.715. The number of aryl methyl sites for hydroxylation is 1. The molecule has 1 atom stereocenters. The summed E-state index contributed by atoms with van der Waals surface area (Å²) in [7, 11) is 0. The standard InChI is InChI=1S/C18H21N3OS/c1-3-12-5-7-13(8-6-12)15-10-23-18-16(15)17(19-11-20-18)21-14(4-2)9-22/h5-8,10-11,14,22H,3-4,9H2,1-2H3,(H,19,20,21). The van der Waals surface area contributed by atoms with Gasteiger partial charge in [0.15, 0.2) is 0 Å². The first-order valence-electron chi connectivity index (χ1n) is 7.95. The van der Waals surface area contributed by atoms with Crippen LogP contribution in [0.15, 0.2) is 36.0 Å². The molecule has 0 aliphatic rings. The Morgan fingerprint density at radius 3 is 2.61 bits per heavy atom. The summed E-state index contributed by atoms with van der Waals surface area (Å²) in [6.07, 6.45) is 3.46. The monoisotopic (exact) mass is 327 g/mol. The molecule has 4 nitrogen and oxygen atoms in total. The second-order valence-electron chi connectivity index (χ2n) is 5.53. The predicted molar refractivity (Wildman–Crippen MR) is 97.0 cm³/mol. The third kappa shape index (κ3) is 3.21. The van der Waals surface area contributed by atoms with E-state index >= 15 is 0 Å². The van der Waals surface area contributed by atoms with Crippen LogP contribution in [0.4, 0.5) is 5.82 Å². The summed E-state index contributed by atoms with van der Waals surface area (Å²) in [6, 6.07) is 8.64. The van der Waals surface area contributed by atoms with E-state index in [1.807, 2.05) is 6.92 Å². The third-order valence-electron chi connectivity index (χ3n) is 4.10. The number of nitrogens with one attached hydrogen (secondary N) is 1. The molecule has 5 heteroatoms. The minimum Gasteiger partial charge on any atom is -0.394 e. The summed E-state index contributed by atoms with van der Waals surface area (Å²) < 4.78 is 0. The average Bonchev–Trinajstić information content (AvgIpc) is 3.04. The number of nitrogens with zero attached hydrogens (tertiary/aromatic N) is 2. The lowest BCUT2D eigenvalue weighted by Crippen LogP contribution is -2.23. The number of thiophene rings is 1. The molecule has 120 valence electrons. The van der Waals surface area contributed by atoms with Crippen molar-refractivity contribution in [3.05, 3.63) is 41.5 Å². The van der Waals surface area contributed by atoms with Crippen molar-refractivity contribution < 1.29 is 5.11 Å². The molecular formula is C18H21N3OS. The van der Waals surface area contributed by atoms with Gasteiger partial charge in [0.1, 0.15) is 17.0 Å². The van der Waals surface area contributed by atoms with Crippen LogP contribution in [-0.2, 0) is 6.42 Å². The highest BCUT2D eigenvalue weighted by Crippen LogP contribution is 2.36. The molecular weight excluding hydrogens is 306 g/mol. The largest absolute Gasteiger partial charge is 0.394 e. The van der Waals surface area contributed by atoms with Crippen molar-refractivity contribution >= 4 is 27.4 Å². The molecule has 0 aliphatic carbocycles. The van der Waals surface area contributed by atoms with E-state index in [1.54, 1.807) is 17.7 Å². The van der Waals surface area contributed by atoms with Gasteiger partial charge in [-0.1, -0.05) is 38.1 Å². The van der Waals surface area contributed by atoms with Gasteiger partial charge in [0.25, 0.3) is 0 Å². The maximum absolute atomic E-state index is 9.45. The summed E-state index contributed by atoms with van der Waals surface area (Å²) >= 11 is 1.62. The van der Waals surface area contributed by atoms with E-state index in [0.29, 0.717) is 0 Å². The molecule has 23 heavy (non-hydrogen) atoms. The molecule has 0 radical (unpaired) electrons. The van der Waals surface area contributed by atoms with Gasteiger partial charge in [-0.15, -0.1) is 11.3 Å². The van der Waals surface area contributed by atoms with E-state index in [0.717, 1.165) is 34.4 Å². The zero-order valence-electron chi connectivity index (χ0n) is 13.4. The zero-order chi connectivity index (χ0) is 16.2. The van der Waals surface area contributed by atoms with Crippen LogP contribution in [0, 0.1) is 0 Å². The SMILES string of the molecule is CCc1ccc(-c2csc3ncnc(NC(CC)CO)c23)cc1. The summed E-state index contributed by atoms with van der Waals surface area (Å²) in [5.41, 5.74) is 3.64. The fourth-order valence-corrected chi connectivity index (χ4v) is 3.50. The Bertz CT molecular complexity index is 779. The van der Waals surface area contributed by atoms with Gasteiger partial charge in [0.2, 0.25) is 0 Å². The fraction of sp³-hybridized carbons (Fsp3) is 0.333. The zero-order valence-corrected chi connectivity index (χ0v) is 14.2. The highest BCUT2D eigenvalue weighted by Gasteiger charge is 2.15. The van der Waals surface area contributed by atoms with Gasteiger partial charge in [0, 0.05) is 10.9 Å². The molecule has 0 saturated carbocycles. The molecule has 2 aromatic heterocycles. The number of rotatable bonds is 6. The molecule has 2 N–H and O–H groups in total. The molecule has 3 rings (SSSR count). The predicted octanol–water partition coefficient (Wildman–Crippen LogP) is 4.10. The molecule has 2 heterocycles. The topological polar surface area (TPSA) is 58.0 Å². The number of aliphatic hydroxyl groups excluding tert-OH is 1. The Labute approximate surface area is 140 Å². The Balaban J connectivity index is 2.06. The van der Waals surface area contributed by atoms with Crippen molar-refractivity contribution in [3.8, 4) is 11.1 Å². The molecule has 0 aliphatic heterocycles. The number of benzene rings is 1. The van der Waals surface area contributed by atoms with Crippen LogP contribution < -0.4 is 5.32 Å². The van der Waals surface area contributed by atoms with E-state index < -0.39 is 0 Å². The van der Waals surface area contributed by atoms with Crippen molar-refractivity contribution in [2.75, 3.05) is 11.9 Å². The van der Waals surface area contributed by atoms with E-state index in [-0.39, 0.29) is 12.6 Å². The van der Waals surface area contributed by atoms with Gasteiger partial charge in [-0.3, -0.25) is 0 Å². The fourth-order valence-electron chi connectivity index (χ4n) is 2.59. The van der Waals surface area contributed by atoms with Gasteiger partial charge >= 0.3 is 0 Å². The van der Waals surface area contributed by atoms with Crippen molar-refractivity contribution in [1.29, 1.82) is 0 Å². The van der Waals surface area contributed by atoms with Crippen LogP contribution >= 0.6 is 11.3 Å². The number of aliphatic hydroxyl groups is 1. The number of fused-ring (bicyclic) bond motifs is 1. The number of hydrogen-bond acceptors (Lipinski definition) is 5. The van der Waals surface area contributed by atoms with Gasteiger partial charge in [-0.25, -0.2) is 9.97 Å². The van der Waals surface area contributed by atoms with Crippen LogP contribution in [0.2, 0.25) is 0 Å². The maximum Gasteiger partial charge on any atom is 0.139 e. The summed E-state index contributed by atoms with van der Waals surface area (Å²) in [6.45, 7) is 4.29. The second-order valence-corrected chi connectivity index (χ2v) is 6.39. The minimum absolute atomic E-state index is 0.00307. The molecule has 0 amide bonds. The van der Waals surface area contributed by atoms with Crippen LogP contribution in [0.1, 0.15) is 25.8 Å². The Morgan fingerprint density at radius 2 is 1.96 bits per heavy atom. The van der Waals surface area contributed by atoms with Crippen molar-refractivity contribution in [2.24, 2.45) is 0 Å². The van der Waals surface area contributed by atoms with Gasteiger partial charge in [-0.05, 0) is 24.0 Å². The van der Waals surface area contributed by atoms with Gasteiger partial charge < -0.3 is 10.4 Å². The Hall–Kier alpha value is -1.98. The van der Waals surface area contributed by atoms with Crippen LogP contribution in [0.5, 0.6) is 0 Å². The average molecular weight is 327 g/mol. The molecule has 0 spiro atoms. The highest BCUT2D eigenvalue weighted by atomic mass is 32.1. The normalized spacial score (nSPS) is 12.5. The summed E-state index contributed by atoms with van der Waals surface area (Å²) in [4.78, 5) is 9.76. The first-order valence-corrected chi connectivity index (χ1v) is 8.83. The summed E-state index contributed by atoms with van der Waals surface area (Å²) in [5, 5.41) is 16.0. The van der Waals surface area contributed by atoms with E-state index in [2.05, 4.69) is 51.9 Å². The lowest BCUT2D eigenvalue weighted by Gasteiger charge is -2.15. The maximum atomic E-state index is 9.45. The van der Waals surface area contributed by atoms with Crippen LogP contribution in [0.3, 0.4) is 0 Å². The van der Waals surface area contributed by atoms with Crippen LogP contribution in [-0.4, -0.2) is 27.7 Å². The number of aromatic nitrogens is 2. The lowest BCUT2D eigenvalue weighted by atomic mass is 10.0. The molecule has 1 unspecified atom stereocenters. The minimum atomic E-state index is 0.00307. The van der Waals surface area contributed by atoms with Gasteiger partial charge in [-0.2, -0.15) is 0 Å². The Kier molecular flexibility index (Phi) is 4.88. The molecule has 0 fully saturated rings. The number of anilines is 1. The second kappa shape index (κ2) is 7.06. The first-order chi connectivity index (χ1) is 11.3. The Morgan fingerprint density at radius 1 is 1.17 bits per heavy atom. The first kappa shape index (κ1) is 15.9. The van der Waals surface area contributed by atoms with Crippen molar-refractivity contribution in [1.82, 2.24) is 9.97 Å². The smallest absolute Gasteiger partial charge is 0.139 e. The molecule has 1 aromatic carbocycles. The van der Waals surface area contributed by atoms with Crippen LogP contribution in [0.25, 0.3) is 21.3 Å². The van der Waals surface area contributed by atoms with E-state index in [4.69, 9.17) is 0 Å². The van der Waals surface area contributed by atoms with E-state index in [1.165, 1.54) is 11.1 Å². The van der Waals surface area contributed by atoms with Crippen molar-refractivity contribution in [3.63, 3.8) is 0 Å². The molecule has 3 aromatic rings. The molecule has 0 bridgehead atoms. The van der Waals surface area contributed by atoms with E-state index in [9.17, 15) is 5.11 Å². The lowest BCUT2D eigenvalue weighted by molar-refractivity contribution is 0.271. The summed E-state index contributed by atoms with van der Waals surface area (Å²) in [5.74, 6) is 0.798. The third-order valence-corrected chi connectivity index (χ3v) is 4.98. The highest BCUT2D eigenvalue weighted by molar-refractivity contribution is 7.17. The van der Waals surface area contributed by atoms with Gasteiger partial charge in [0.05, 0.1) is 18.0 Å². The number of hydrogen-bond donors (Lipinski definition) is 2. The van der Waals surface area contributed by atoms with Crippen molar-refractivity contribution in [2.45, 2.75) is 32.7 Å².